The first-order valence-corrected chi connectivity index (χ1v) is 8.86. The van der Waals surface area contributed by atoms with Crippen LogP contribution in [0.4, 0.5) is 4.79 Å². The average molecular weight is 414 g/mol. The number of halogens is 1. The third-order valence-electron chi connectivity index (χ3n) is 3.94. The minimum Gasteiger partial charge on any atom is -0.488 e. The molecule has 0 spiro atoms. The smallest absolute Gasteiger partial charge is 0.411 e. The molecule has 6 nitrogen and oxygen atoms in total. The topological polar surface area (TPSA) is 65.1 Å². The van der Waals surface area contributed by atoms with Crippen LogP contribution in [0, 0.1) is 0 Å². The molecule has 1 aromatic carbocycles. The van der Waals surface area contributed by atoms with Crippen LogP contribution in [-0.2, 0) is 14.3 Å². The van der Waals surface area contributed by atoms with Crippen molar-refractivity contribution in [2.75, 3.05) is 13.7 Å². The quantitative estimate of drug-likeness (QED) is 0.705. The Morgan fingerprint density at radius 1 is 1.32 bits per heavy atom. The molecule has 0 N–H and O–H groups in total. The van der Waals surface area contributed by atoms with E-state index in [4.69, 9.17) is 14.2 Å². The molecule has 7 heteroatoms. The fourth-order valence-electron chi connectivity index (χ4n) is 2.84. The fourth-order valence-corrected chi connectivity index (χ4v) is 3.22. The molecular weight excluding hydrogens is 390 g/mol. The van der Waals surface area contributed by atoms with E-state index in [1.807, 2.05) is 24.3 Å². The zero-order chi connectivity index (χ0) is 18.8. The molecule has 1 aliphatic rings. The van der Waals surface area contributed by atoms with Crippen molar-refractivity contribution in [3.05, 3.63) is 28.7 Å². The maximum atomic E-state index is 12.6. The van der Waals surface area contributed by atoms with Crippen LogP contribution in [0.3, 0.4) is 0 Å². The minimum atomic E-state index is -1.13. The molecule has 25 heavy (non-hydrogen) atoms. The maximum Gasteiger partial charge on any atom is 0.411 e. The second-order valence-electron chi connectivity index (χ2n) is 7.26. The minimum absolute atomic E-state index is 0.243. The number of likely N-dealkylation sites (tertiary alicyclic amines) is 1. The van der Waals surface area contributed by atoms with E-state index >= 15 is 0 Å². The van der Waals surface area contributed by atoms with Crippen LogP contribution >= 0.6 is 15.9 Å². The summed E-state index contributed by atoms with van der Waals surface area (Å²) in [7, 11) is 1.31. The van der Waals surface area contributed by atoms with E-state index in [0.717, 1.165) is 4.47 Å². The Balaban J connectivity index is 2.21. The van der Waals surface area contributed by atoms with Crippen LogP contribution in [0.25, 0.3) is 0 Å². The Morgan fingerprint density at radius 2 is 2.00 bits per heavy atom. The fraction of sp³-hybridized carbons (Fsp3) is 0.556. The van der Waals surface area contributed by atoms with Crippen molar-refractivity contribution in [2.24, 2.45) is 0 Å². The lowest BCUT2D eigenvalue weighted by Gasteiger charge is -2.33. The van der Waals surface area contributed by atoms with Crippen molar-refractivity contribution in [3.8, 4) is 5.75 Å². The van der Waals surface area contributed by atoms with Gasteiger partial charge in [0.05, 0.1) is 13.7 Å². The summed E-state index contributed by atoms with van der Waals surface area (Å²) < 4.78 is 17.2. The van der Waals surface area contributed by atoms with Crippen LogP contribution in [0.2, 0.25) is 0 Å². The number of benzene rings is 1. The van der Waals surface area contributed by atoms with E-state index in [1.54, 1.807) is 27.7 Å². The molecular formula is C18H24BrNO5. The molecule has 1 aliphatic heterocycles. The summed E-state index contributed by atoms with van der Waals surface area (Å²) in [5.74, 6) is 0.177. The molecule has 1 heterocycles. The van der Waals surface area contributed by atoms with Gasteiger partial charge in [0.1, 0.15) is 23.0 Å². The van der Waals surface area contributed by atoms with Gasteiger partial charge in [0, 0.05) is 10.9 Å². The zero-order valence-electron chi connectivity index (χ0n) is 15.2. The highest BCUT2D eigenvalue weighted by Gasteiger charge is 2.53. The van der Waals surface area contributed by atoms with Gasteiger partial charge in [0.25, 0.3) is 0 Å². The monoisotopic (exact) mass is 413 g/mol. The van der Waals surface area contributed by atoms with Crippen molar-refractivity contribution < 1.29 is 23.8 Å². The molecule has 0 radical (unpaired) electrons. The number of hydrogen-bond donors (Lipinski definition) is 0. The predicted octanol–water partition coefficient (Wildman–Crippen LogP) is 3.77. The van der Waals surface area contributed by atoms with E-state index in [9.17, 15) is 9.59 Å². The van der Waals surface area contributed by atoms with Crippen LogP contribution in [0.1, 0.15) is 34.1 Å². The van der Waals surface area contributed by atoms with Gasteiger partial charge in [-0.25, -0.2) is 9.59 Å². The second kappa shape index (κ2) is 7.23. The number of hydrogen-bond acceptors (Lipinski definition) is 5. The second-order valence-corrected chi connectivity index (χ2v) is 8.17. The summed E-state index contributed by atoms with van der Waals surface area (Å²) in [4.78, 5) is 26.3. The van der Waals surface area contributed by atoms with E-state index < -0.39 is 23.2 Å². The summed E-state index contributed by atoms with van der Waals surface area (Å²) >= 11 is 3.40. The van der Waals surface area contributed by atoms with Gasteiger partial charge in [-0.2, -0.15) is 0 Å². The van der Waals surface area contributed by atoms with E-state index in [1.165, 1.54) is 12.0 Å². The average Bonchev–Trinajstić information content (AvgIpc) is 2.82. The number of carbonyl (C=O) groups excluding carboxylic acids is 2. The van der Waals surface area contributed by atoms with Gasteiger partial charge in [0.2, 0.25) is 0 Å². The molecule has 0 bridgehead atoms. The molecule has 0 saturated carbocycles. The summed E-state index contributed by atoms with van der Waals surface area (Å²) in [5.41, 5.74) is -1.79. The van der Waals surface area contributed by atoms with Crippen LogP contribution < -0.4 is 4.74 Å². The Bertz CT molecular complexity index is 657. The molecule has 1 amide bonds. The SMILES string of the molecule is COC(=O)[C@]1(C)C[C@H](Oc2cccc(Br)c2)CN1C(=O)OC(C)(C)C. The first-order chi connectivity index (χ1) is 11.5. The Hall–Kier alpha value is -1.76. The Labute approximate surface area is 156 Å². The molecule has 0 unspecified atom stereocenters. The highest BCUT2D eigenvalue weighted by atomic mass is 79.9. The van der Waals surface area contributed by atoms with Gasteiger partial charge < -0.3 is 14.2 Å². The lowest BCUT2D eigenvalue weighted by Crippen LogP contribution is -2.52. The van der Waals surface area contributed by atoms with E-state index in [-0.39, 0.29) is 12.6 Å². The summed E-state index contributed by atoms with van der Waals surface area (Å²) in [6.45, 7) is 7.27. The van der Waals surface area contributed by atoms with Gasteiger partial charge in [0.15, 0.2) is 0 Å². The third-order valence-corrected chi connectivity index (χ3v) is 4.44. The lowest BCUT2D eigenvalue weighted by atomic mass is 9.98. The van der Waals surface area contributed by atoms with Crippen molar-refractivity contribution in [1.82, 2.24) is 4.90 Å². The standard InChI is InChI=1S/C18H24BrNO5/c1-17(2,3)25-16(22)20-11-14(10-18(20,4)15(21)23-5)24-13-8-6-7-12(19)9-13/h6-9,14H,10-11H2,1-5H3/t14-,18-/m0/s1. The number of carbonyl (C=O) groups is 2. The number of esters is 1. The van der Waals surface area contributed by atoms with E-state index in [2.05, 4.69) is 15.9 Å². The van der Waals surface area contributed by atoms with Crippen molar-refractivity contribution >= 4 is 28.0 Å². The number of rotatable bonds is 3. The van der Waals surface area contributed by atoms with Gasteiger partial charge in [-0.1, -0.05) is 22.0 Å². The summed E-state index contributed by atoms with van der Waals surface area (Å²) in [5, 5.41) is 0. The molecule has 0 aliphatic carbocycles. The van der Waals surface area contributed by atoms with Gasteiger partial charge in [-0.15, -0.1) is 0 Å². The summed E-state index contributed by atoms with van der Waals surface area (Å²) in [6.07, 6.45) is -0.572. The van der Waals surface area contributed by atoms with Crippen molar-refractivity contribution in [3.63, 3.8) is 0 Å². The molecule has 0 aromatic heterocycles. The first-order valence-electron chi connectivity index (χ1n) is 8.06. The third kappa shape index (κ3) is 4.66. The van der Waals surface area contributed by atoms with Crippen molar-refractivity contribution in [1.29, 1.82) is 0 Å². The molecule has 1 saturated heterocycles. The van der Waals surface area contributed by atoms with Gasteiger partial charge in [-0.3, -0.25) is 4.90 Å². The number of amides is 1. The van der Waals surface area contributed by atoms with E-state index in [0.29, 0.717) is 12.2 Å². The maximum absolute atomic E-state index is 12.6. The van der Waals surface area contributed by atoms with Crippen LogP contribution in [-0.4, -0.2) is 47.9 Å². The first kappa shape index (κ1) is 19.6. The molecule has 2 rings (SSSR count). The number of ether oxygens (including phenoxy) is 3. The normalized spacial score (nSPS) is 23.3. The summed E-state index contributed by atoms with van der Waals surface area (Å²) in [6, 6.07) is 7.43. The molecule has 1 aromatic rings. The molecule has 138 valence electrons. The van der Waals surface area contributed by atoms with Crippen LogP contribution in [0.15, 0.2) is 28.7 Å². The van der Waals surface area contributed by atoms with Gasteiger partial charge >= 0.3 is 12.1 Å². The molecule has 1 fully saturated rings. The van der Waals surface area contributed by atoms with Crippen molar-refractivity contribution in [2.45, 2.75) is 51.4 Å². The Kier molecular flexibility index (Phi) is 5.66. The van der Waals surface area contributed by atoms with Gasteiger partial charge in [-0.05, 0) is 45.9 Å². The number of methoxy groups -OCH3 is 1. The zero-order valence-corrected chi connectivity index (χ0v) is 16.8. The lowest BCUT2D eigenvalue weighted by molar-refractivity contribution is -0.152. The highest BCUT2D eigenvalue weighted by Crippen LogP contribution is 2.34. The largest absolute Gasteiger partial charge is 0.488 e. The Morgan fingerprint density at radius 3 is 2.56 bits per heavy atom. The number of nitrogens with zero attached hydrogens (tertiary/aromatic N) is 1. The highest BCUT2D eigenvalue weighted by molar-refractivity contribution is 9.10. The van der Waals surface area contributed by atoms with Crippen LogP contribution in [0.5, 0.6) is 5.75 Å². The predicted molar refractivity (Wildman–Crippen MR) is 96.5 cm³/mol. The molecule has 2 atom stereocenters.